The molecular formula is C26H31NO7. The van der Waals surface area contributed by atoms with Gasteiger partial charge in [0.1, 0.15) is 11.5 Å². The van der Waals surface area contributed by atoms with Crippen LogP contribution in [0.2, 0.25) is 0 Å². The molecule has 0 unspecified atom stereocenters. The maximum Gasteiger partial charge on any atom is 0.295 e. The molecule has 0 bridgehead atoms. The maximum atomic E-state index is 13.1. The van der Waals surface area contributed by atoms with Crippen molar-refractivity contribution in [1.82, 2.24) is 4.90 Å². The molecular weight excluding hydrogens is 438 g/mol. The van der Waals surface area contributed by atoms with E-state index in [0.717, 1.165) is 5.56 Å². The highest BCUT2D eigenvalue weighted by atomic mass is 16.5. The highest BCUT2D eigenvalue weighted by Gasteiger charge is 2.46. The van der Waals surface area contributed by atoms with Gasteiger partial charge < -0.3 is 29.3 Å². The van der Waals surface area contributed by atoms with Gasteiger partial charge in [-0.25, -0.2) is 0 Å². The summed E-state index contributed by atoms with van der Waals surface area (Å²) in [7, 11) is 2.91. The van der Waals surface area contributed by atoms with Gasteiger partial charge in [-0.3, -0.25) is 9.59 Å². The minimum atomic E-state index is -0.873. The summed E-state index contributed by atoms with van der Waals surface area (Å²) in [5, 5.41) is 21.2. The maximum absolute atomic E-state index is 13.1. The van der Waals surface area contributed by atoms with Crippen molar-refractivity contribution in [1.29, 1.82) is 0 Å². The molecule has 0 spiro atoms. The average molecular weight is 470 g/mol. The number of aromatic hydroxyl groups is 1. The number of aryl methyl sites for hydroxylation is 1. The number of rotatable bonds is 9. The molecule has 2 aromatic carbocycles. The van der Waals surface area contributed by atoms with Crippen LogP contribution < -0.4 is 9.47 Å². The quantitative estimate of drug-likeness (QED) is 0.327. The van der Waals surface area contributed by atoms with E-state index in [2.05, 4.69) is 13.8 Å². The van der Waals surface area contributed by atoms with E-state index in [0.29, 0.717) is 29.4 Å². The average Bonchev–Trinajstić information content (AvgIpc) is 3.06. The molecule has 1 heterocycles. The van der Waals surface area contributed by atoms with Gasteiger partial charge in [0.25, 0.3) is 11.7 Å². The van der Waals surface area contributed by atoms with E-state index in [1.54, 1.807) is 30.3 Å². The molecule has 8 nitrogen and oxygen atoms in total. The topological polar surface area (TPSA) is 106 Å². The van der Waals surface area contributed by atoms with Crippen LogP contribution in [0, 0.1) is 12.8 Å². The third kappa shape index (κ3) is 5.02. The van der Waals surface area contributed by atoms with Crippen molar-refractivity contribution in [3.63, 3.8) is 0 Å². The molecule has 1 atom stereocenters. The Balaban J connectivity index is 2.11. The molecule has 0 aromatic heterocycles. The smallest absolute Gasteiger partial charge is 0.295 e. The summed E-state index contributed by atoms with van der Waals surface area (Å²) in [5.74, 6) is -0.644. The number of phenolic OH excluding ortho intramolecular Hbond substituents is 1. The molecule has 2 N–H and O–H groups in total. The van der Waals surface area contributed by atoms with E-state index in [4.69, 9.17) is 14.2 Å². The fourth-order valence-electron chi connectivity index (χ4n) is 3.88. The second-order valence-corrected chi connectivity index (χ2v) is 8.60. The summed E-state index contributed by atoms with van der Waals surface area (Å²) in [6.45, 7) is 6.87. The number of methoxy groups -OCH3 is 2. The van der Waals surface area contributed by atoms with Crippen molar-refractivity contribution in [3.05, 3.63) is 58.7 Å². The van der Waals surface area contributed by atoms with Crippen LogP contribution in [0.4, 0.5) is 0 Å². The second kappa shape index (κ2) is 10.6. The van der Waals surface area contributed by atoms with E-state index >= 15 is 0 Å². The van der Waals surface area contributed by atoms with Gasteiger partial charge in [-0.15, -0.1) is 0 Å². The molecule has 34 heavy (non-hydrogen) atoms. The predicted octanol–water partition coefficient (Wildman–Crippen LogP) is 3.81. The van der Waals surface area contributed by atoms with Crippen molar-refractivity contribution in [2.75, 3.05) is 34.0 Å². The Morgan fingerprint density at radius 3 is 2.44 bits per heavy atom. The van der Waals surface area contributed by atoms with Gasteiger partial charge in [-0.1, -0.05) is 19.9 Å². The number of benzene rings is 2. The Labute approximate surface area is 199 Å². The highest BCUT2D eigenvalue weighted by molar-refractivity contribution is 6.46. The predicted molar refractivity (Wildman–Crippen MR) is 127 cm³/mol. The SMILES string of the molecule is COCCN1C(=O)C(=O)/C(=C(/O)c2ccc(OCC(C)C)c(C)c2)[C@H]1c1ccc(O)c(OC)c1. The lowest BCUT2D eigenvalue weighted by Gasteiger charge is -2.25. The van der Waals surface area contributed by atoms with Crippen molar-refractivity contribution >= 4 is 17.4 Å². The highest BCUT2D eigenvalue weighted by Crippen LogP contribution is 2.42. The first-order valence-electron chi connectivity index (χ1n) is 11.1. The van der Waals surface area contributed by atoms with Crippen molar-refractivity contribution in [2.24, 2.45) is 5.92 Å². The molecule has 8 heteroatoms. The summed E-state index contributed by atoms with van der Waals surface area (Å²) in [4.78, 5) is 27.3. The monoisotopic (exact) mass is 469 g/mol. The van der Waals surface area contributed by atoms with Gasteiger partial charge in [0.2, 0.25) is 0 Å². The van der Waals surface area contributed by atoms with Crippen LogP contribution in [0.1, 0.15) is 36.6 Å². The number of ether oxygens (including phenoxy) is 3. The number of aliphatic hydroxyl groups is 1. The summed E-state index contributed by atoms with van der Waals surface area (Å²) in [5.41, 5.74) is 1.67. The third-order valence-corrected chi connectivity index (χ3v) is 5.62. The molecule has 182 valence electrons. The number of ketones is 1. The number of aliphatic hydroxyl groups excluding tert-OH is 1. The van der Waals surface area contributed by atoms with Crippen LogP contribution in [0.15, 0.2) is 42.0 Å². The van der Waals surface area contributed by atoms with Crippen molar-refractivity contribution < 1.29 is 34.0 Å². The fraction of sp³-hybridized carbons (Fsp3) is 0.385. The summed E-state index contributed by atoms with van der Waals surface area (Å²) < 4.78 is 16.1. The van der Waals surface area contributed by atoms with E-state index in [1.807, 2.05) is 6.92 Å². The van der Waals surface area contributed by atoms with Crippen LogP contribution in [-0.4, -0.2) is 60.8 Å². The van der Waals surface area contributed by atoms with Crippen LogP contribution in [0.25, 0.3) is 5.76 Å². The summed E-state index contributed by atoms with van der Waals surface area (Å²) in [6, 6.07) is 8.82. The Morgan fingerprint density at radius 1 is 1.09 bits per heavy atom. The Morgan fingerprint density at radius 2 is 1.82 bits per heavy atom. The van der Waals surface area contributed by atoms with Gasteiger partial charge in [0, 0.05) is 19.2 Å². The van der Waals surface area contributed by atoms with Crippen LogP contribution in [0.5, 0.6) is 17.2 Å². The minimum absolute atomic E-state index is 0.0379. The third-order valence-electron chi connectivity index (χ3n) is 5.62. The van der Waals surface area contributed by atoms with Crippen LogP contribution in [0.3, 0.4) is 0 Å². The van der Waals surface area contributed by atoms with E-state index in [1.165, 1.54) is 25.2 Å². The first kappa shape index (κ1) is 25.1. The summed E-state index contributed by atoms with van der Waals surface area (Å²) in [6.07, 6.45) is 0. The molecule has 1 fully saturated rings. The van der Waals surface area contributed by atoms with Gasteiger partial charge in [0.15, 0.2) is 11.5 Å². The number of nitrogens with zero attached hydrogens (tertiary/aromatic N) is 1. The fourth-order valence-corrected chi connectivity index (χ4v) is 3.88. The Bertz CT molecular complexity index is 1110. The zero-order valence-electron chi connectivity index (χ0n) is 20.1. The Hall–Kier alpha value is -3.52. The number of likely N-dealkylation sites (tertiary alicyclic amines) is 1. The lowest BCUT2D eigenvalue weighted by molar-refractivity contribution is -0.140. The lowest BCUT2D eigenvalue weighted by atomic mass is 9.94. The number of hydrogen-bond donors (Lipinski definition) is 2. The minimum Gasteiger partial charge on any atom is -0.507 e. The van der Waals surface area contributed by atoms with E-state index < -0.39 is 17.7 Å². The molecule has 1 aliphatic heterocycles. The first-order chi connectivity index (χ1) is 16.2. The molecule has 0 radical (unpaired) electrons. The number of hydrogen-bond acceptors (Lipinski definition) is 7. The molecule has 0 aliphatic carbocycles. The molecule has 1 aliphatic rings. The number of carbonyl (C=O) groups is 2. The van der Waals surface area contributed by atoms with Crippen molar-refractivity contribution in [3.8, 4) is 17.2 Å². The molecule has 0 saturated carbocycles. The largest absolute Gasteiger partial charge is 0.507 e. The molecule has 3 rings (SSSR count). The molecule has 2 aromatic rings. The van der Waals surface area contributed by atoms with E-state index in [-0.39, 0.29) is 36.0 Å². The Kier molecular flexibility index (Phi) is 7.83. The van der Waals surface area contributed by atoms with Gasteiger partial charge in [0.05, 0.1) is 31.9 Å². The van der Waals surface area contributed by atoms with Crippen LogP contribution in [-0.2, 0) is 14.3 Å². The van der Waals surface area contributed by atoms with Gasteiger partial charge in [-0.2, -0.15) is 0 Å². The van der Waals surface area contributed by atoms with Gasteiger partial charge >= 0.3 is 0 Å². The number of amides is 1. The molecule has 1 saturated heterocycles. The van der Waals surface area contributed by atoms with Crippen LogP contribution >= 0.6 is 0 Å². The molecule has 1 amide bonds. The number of Topliss-reactive ketones (excluding diaryl/α,β-unsaturated/α-hetero) is 1. The van der Waals surface area contributed by atoms with Gasteiger partial charge in [-0.05, 0) is 54.3 Å². The lowest BCUT2D eigenvalue weighted by Crippen LogP contribution is -2.32. The summed E-state index contributed by atoms with van der Waals surface area (Å²) >= 11 is 0. The zero-order chi connectivity index (χ0) is 25.0. The van der Waals surface area contributed by atoms with E-state index in [9.17, 15) is 19.8 Å². The van der Waals surface area contributed by atoms with Crippen molar-refractivity contribution in [2.45, 2.75) is 26.8 Å². The zero-order valence-corrected chi connectivity index (χ0v) is 20.1. The second-order valence-electron chi connectivity index (χ2n) is 8.60. The number of phenols is 1. The standard InChI is InChI=1S/C26H31NO7/c1-15(2)14-34-20-9-7-18(12-16(20)3)24(29)22-23(17-6-8-19(28)21(13-17)33-5)27(10-11-32-4)26(31)25(22)30/h6-9,12-13,15,23,28-29H,10-11,14H2,1-5H3/b24-22+/t23-/m1/s1. The number of carbonyl (C=O) groups excluding carboxylic acids is 2. The first-order valence-corrected chi connectivity index (χ1v) is 11.1. The normalized spacial score (nSPS) is 17.5.